The van der Waals surface area contributed by atoms with E-state index in [4.69, 9.17) is 10.9 Å². The topological polar surface area (TPSA) is 92.7 Å². The summed E-state index contributed by atoms with van der Waals surface area (Å²) in [5.74, 6) is 0. The summed E-state index contributed by atoms with van der Waals surface area (Å²) in [5.41, 5.74) is 6.74. The van der Waals surface area contributed by atoms with Gasteiger partial charge in [-0.1, -0.05) is 0 Å². The molecule has 0 saturated carbocycles. The number of nitrogen functional groups attached to an aromatic ring is 1. The summed E-state index contributed by atoms with van der Waals surface area (Å²) >= 11 is 0. The zero-order valence-electron chi connectivity index (χ0n) is 10.9. The first kappa shape index (κ1) is 14.7. The van der Waals surface area contributed by atoms with Crippen LogP contribution in [0.4, 0.5) is 11.4 Å². The van der Waals surface area contributed by atoms with E-state index in [1.54, 1.807) is 12.1 Å². The van der Waals surface area contributed by atoms with E-state index in [0.29, 0.717) is 0 Å². The smallest absolute Gasteiger partial charge is 0.240 e. The van der Waals surface area contributed by atoms with Crippen LogP contribution in [0.25, 0.3) is 0 Å². The summed E-state index contributed by atoms with van der Waals surface area (Å²) in [5, 5.41) is 5.05. The van der Waals surface area contributed by atoms with Gasteiger partial charge in [-0.05, 0) is 32.3 Å². The van der Waals surface area contributed by atoms with E-state index in [1.165, 1.54) is 6.07 Å². The van der Waals surface area contributed by atoms with Gasteiger partial charge in [0, 0.05) is 25.8 Å². The van der Waals surface area contributed by atoms with Crippen molar-refractivity contribution in [2.24, 2.45) is 5.14 Å². The Labute approximate surface area is 108 Å². The van der Waals surface area contributed by atoms with Crippen molar-refractivity contribution in [2.45, 2.75) is 4.90 Å². The van der Waals surface area contributed by atoms with Gasteiger partial charge in [-0.25, -0.2) is 13.6 Å². The zero-order chi connectivity index (χ0) is 13.9. The van der Waals surface area contributed by atoms with Crippen molar-refractivity contribution in [1.29, 1.82) is 0 Å². The van der Waals surface area contributed by atoms with E-state index in [-0.39, 0.29) is 10.6 Å². The van der Waals surface area contributed by atoms with Crippen LogP contribution in [0.5, 0.6) is 0 Å². The summed E-state index contributed by atoms with van der Waals surface area (Å²) < 4.78 is 22.5. The molecule has 0 aliphatic heterocycles. The fourth-order valence-electron chi connectivity index (χ4n) is 1.51. The summed E-state index contributed by atoms with van der Waals surface area (Å²) in [6.45, 7) is 1.72. The van der Waals surface area contributed by atoms with Crippen molar-refractivity contribution in [1.82, 2.24) is 4.90 Å². The molecule has 0 spiro atoms. The second kappa shape index (κ2) is 5.55. The number of anilines is 2. The van der Waals surface area contributed by atoms with Crippen molar-refractivity contribution >= 4 is 21.4 Å². The van der Waals surface area contributed by atoms with E-state index < -0.39 is 10.0 Å². The Hall–Kier alpha value is -1.31. The van der Waals surface area contributed by atoms with Crippen LogP contribution in [0.2, 0.25) is 0 Å². The largest absolute Gasteiger partial charge is 0.398 e. The standard InChI is InChI=1S/C11H20N4O2S/c1-14(2)6-7-15(3)9-4-5-11(10(12)8-9)18(13,16)17/h4-5,8H,6-7,12H2,1-3H3,(H2,13,16,17). The van der Waals surface area contributed by atoms with Crippen LogP contribution in [0.3, 0.4) is 0 Å². The minimum Gasteiger partial charge on any atom is -0.398 e. The monoisotopic (exact) mass is 272 g/mol. The molecule has 0 heterocycles. The highest BCUT2D eigenvalue weighted by Crippen LogP contribution is 2.23. The molecule has 0 aromatic heterocycles. The van der Waals surface area contributed by atoms with E-state index in [1.807, 2.05) is 26.0 Å². The molecule has 0 saturated heterocycles. The van der Waals surface area contributed by atoms with Gasteiger partial charge < -0.3 is 15.5 Å². The van der Waals surface area contributed by atoms with Gasteiger partial charge in [0.25, 0.3) is 0 Å². The maximum Gasteiger partial charge on any atom is 0.240 e. The predicted molar refractivity (Wildman–Crippen MR) is 74.1 cm³/mol. The van der Waals surface area contributed by atoms with Gasteiger partial charge in [0.1, 0.15) is 4.90 Å². The van der Waals surface area contributed by atoms with Crippen LogP contribution in [0.1, 0.15) is 0 Å². The number of benzene rings is 1. The molecule has 0 aliphatic carbocycles. The lowest BCUT2D eigenvalue weighted by Gasteiger charge is -2.22. The first-order valence-electron chi connectivity index (χ1n) is 5.50. The van der Waals surface area contributed by atoms with Crippen molar-refractivity contribution in [3.8, 4) is 0 Å². The Bertz CT molecular complexity index is 514. The van der Waals surface area contributed by atoms with Crippen LogP contribution < -0.4 is 15.8 Å². The first-order valence-corrected chi connectivity index (χ1v) is 7.04. The molecule has 6 nitrogen and oxygen atoms in total. The van der Waals surface area contributed by atoms with Gasteiger partial charge in [-0.15, -0.1) is 0 Å². The molecule has 0 fully saturated rings. The molecule has 0 unspecified atom stereocenters. The molecule has 1 rings (SSSR count). The van der Waals surface area contributed by atoms with Crippen molar-refractivity contribution < 1.29 is 8.42 Å². The van der Waals surface area contributed by atoms with Crippen molar-refractivity contribution in [3.63, 3.8) is 0 Å². The third-order valence-corrected chi connectivity index (χ3v) is 3.61. The maximum absolute atomic E-state index is 11.2. The maximum atomic E-state index is 11.2. The molecular weight excluding hydrogens is 252 g/mol. The van der Waals surface area contributed by atoms with E-state index in [0.717, 1.165) is 18.8 Å². The number of hydrogen-bond donors (Lipinski definition) is 2. The van der Waals surface area contributed by atoms with Crippen molar-refractivity contribution in [3.05, 3.63) is 18.2 Å². The van der Waals surface area contributed by atoms with Crippen LogP contribution in [0.15, 0.2) is 23.1 Å². The molecule has 102 valence electrons. The highest BCUT2D eigenvalue weighted by Gasteiger charge is 2.13. The second-order valence-electron chi connectivity index (χ2n) is 4.49. The van der Waals surface area contributed by atoms with E-state index >= 15 is 0 Å². The average molecular weight is 272 g/mol. The molecule has 0 bridgehead atoms. The Balaban J connectivity index is 2.91. The fraction of sp³-hybridized carbons (Fsp3) is 0.455. The van der Waals surface area contributed by atoms with Gasteiger partial charge >= 0.3 is 0 Å². The number of nitrogens with zero attached hydrogens (tertiary/aromatic N) is 2. The number of likely N-dealkylation sites (N-methyl/N-ethyl adjacent to an activating group) is 2. The van der Waals surface area contributed by atoms with E-state index in [2.05, 4.69) is 4.90 Å². The zero-order valence-corrected chi connectivity index (χ0v) is 11.7. The molecule has 0 radical (unpaired) electrons. The normalized spacial score (nSPS) is 11.8. The first-order chi connectivity index (χ1) is 8.21. The molecule has 0 atom stereocenters. The Morgan fingerprint density at radius 3 is 2.22 bits per heavy atom. The number of primary sulfonamides is 1. The molecule has 7 heteroatoms. The molecule has 1 aromatic carbocycles. The molecule has 0 aliphatic rings. The second-order valence-corrected chi connectivity index (χ2v) is 6.02. The van der Waals surface area contributed by atoms with Crippen LogP contribution >= 0.6 is 0 Å². The third-order valence-electron chi connectivity index (χ3n) is 2.62. The number of hydrogen-bond acceptors (Lipinski definition) is 5. The van der Waals surface area contributed by atoms with Gasteiger partial charge in [-0.3, -0.25) is 0 Å². The van der Waals surface area contributed by atoms with Crippen molar-refractivity contribution in [2.75, 3.05) is 44.9 Å². The molecule has 18 heavy (non-hydrogen) atoms. The number of sulfonamides is 1. The van der Waals surface area contributed by atoms with Gasteiger partial charge in [0.2, 0.25) is 10.0 Å². The summed E-state index contributed by atoms with van der Waals surface area (Å²) in [4.78, 5) is 4.04. The Kier molecular flexibility index (Phi) is 4.55. The lowest BCUT2D eigenvalue weighted by molar-refractivity contribution is 0.416. The highest BCUT2D eigenvalue weighted by molar-refractivity contribution is 7.89. The lowest BCUT2D eigenvalue weighted by atomic mass is 10.2. The highest BCUT2D eigenvalue weighted by atomic mass is 32.2. The van der Waals surface area contributed by atoms with Gasteiger partial charge in [0.15, 0.2) is 0 Å². The lowest BCUT2D eigenvalue weighted by Crippen LogP contribution is -2.28. The van der Waals surface area contributed by atoms with Crippen LogP contribution in [-0.4, -0.2) is 47.6 Å². The number of nitrogens with two attached hydrogens (primary N) is 2. The average Bonchev–Trinajstić information content (AvgIpc) is 2.23. The third kappa shape index (κ3) is 3.86. The quantitative estimate of drug-likeness (QED) is 0.731. The minimum absolute atomic E-state index is 0.0349. The summed E-state index contributed by atoms with van der Waals surface area (Å²) in [7, 11) is 2.16. The number of rotatable bonds is 5. The summed E-state index contributed by atoms with van der Waals surface area (Å²) in [6.07, 6.45) is 0. The van der Waals surface area contributed by atoms with Gasteiger partial charge in [0.05, 0.1) is 5.69 Å². The Morgan fingerprint density at radius 2 is 1.78 bits per heavy atom. The SMILES string of the molecule is CN(C)CCN(C)c1ccc(S(N)(=O)=O)c(N)c1. The fourth-order valence-corrected chi connectivity index (χ4v) is 2.16. The molecule has 4 N–H and O–H groups in total. The molecule has 0 amide bonds. The summed E-state index contributed by atoms with van der Waals surface area (Å²) in [6, 6.07) is 4.76. The predicted octanol–water partition coefficient (Wildman–Crippen LogP) is -0.0860. The van der Waals surface area contributed by atoms with Gasteiger partial charge in [-0.2, -0.15) is 0 Å². The van der Waals surface area contributed by atoms with E-state index in [9.17, 15) is 8.42 Å². The minimum atomic E-state index is -3.75. The molecular formula is C11H20N4O2S. The Morgan fingerprint density at radius 1 is 1.17 bits per heavy atom. The van der Waals surface area contributed by atoms with Crippen LogP contribution in [0, 0.1) is 0 Å². The van der Waals surface area contributed by atoms with Crippen LogP contribution in [-0.2, 0) is 10.0 Å². The molecule has 1 aromatic rings.